The summed E-state index contributed by atoms with van der Waals surface area (Å²) in [6, 6.07) is 20.0. The maximum atomic E-state index is 14.7. The Labute approximate surface area is 508 Å². The lowest BCUT2D eigenvalue weighted by Crippen LogP contribution is -2.62. The molecule has 8 N–H and O–H groups in total. The van der Waals surface area contributed by atoms with Gasteiger partial charge in [0.05, 0.1) is 34.8 Å². The number of nitrogens with zero attached hydrogens (tertiary/aromatic N) is 4. The van der Waals surface area contributed by atoms with Gasteiger partial charge in [-0.25, -0.2) is 9.78 Å². The molecule has 3 aliphatic rings. The molecule has 0 saturated carbocycles. The molecular formula is C64H86N10O11S. The van der Waals surface area contributed by atoms with Crippen molar-refractivity contribution in [3.05, 3.63) is 113 Å². The molecule has 9 amide bonds. The highest BCUT2D eigenvalue weighted by atomic mass is 32.1. The number of fused-ring (bicyclic) bond motifs is 1. The molecule has 4 heterocycles. The van der Waals surface area contributed by atoms with Crippen LogP contribution in [0.5, 0.6) is 0 Å². The van der Waals surface area contributed by atoms with Crippen LogP contribution in [0, 0.1) is 12.3 Å². The number of rotatable bonds is 24. The van der Waals surface area contributed by atoms with Crippen LogP contribution in [0.3, 0.4) is 0 Å². The molecule has 0 aliphatic carbocycles. The maximum Gasteiger partial charge on any atom is 0.408 e. The number of amides is 9. The fourth-order valence-corrected chi connectivity index (χ4v) is 12.2. The second-order valence-electron chi connectivity index (χ2n) is 24.9. The van der Waals surface area contributed by atoms with Gasteiger partial charge in [-0.1, -0.05) is 125 Å². The fourth-order valence-electron chi connectivity index (χ4n) is 11.4. The third kappa shape index (κ3) is 18.4. The number of thiazole rings is 1. The Morgan fingerprint density at radius 3 is 2.00 bits per heavy atom. The summed E-state index contributed by atoms with van der Waals surface area (Å²) >= 11 is 1.56. The molecule has 0 bridgehead atoms. The Morgan fingerprint density at radius 1 is 0.756 bits per heavy atom. The number of β-amino-alcohol motifs (C(OH)–C–C–N with tert-alkyl or cyclic N) is 1. The minimum absolute atomic E-state index is 0.0379. The molecule has 4 aromatic rings. The first kappa shape index (κ1) is 65.8. The van der Waals surface area contributed by atoms with Crippen LogP contribution in [0.1, 0.15) is 153 Å². The number of ether oxygens (including phenoxy) is 1. The lowest BCUT2D eigenvalue weighted by atomic mass is 9.85. The molecule has 0 spiro atoms. The number of carbonyl (C=O) groups is 9. The van der Waals surface area contributed by atoms with E-state index < -0.39 is 95.0 Å². The predicted molar refractivity (Wildman–Crippen MR) is 325 cm³/mol. The average Bonchev–Trinajstić information content (AvgIpc) is 2.31. The number of hydrogen-bond acceptors (Lipinski definition) is 13. The predicted octanol–water partition coefficient (Wildman–Crippen LogP) is 6.10. The smallest absolute Gasteiger partial charge is 0.408 e. The van der Waals surface area contributed by atoms with Crippen LogP contribution in [0.15, 0.2) is 90.4 Å². The lowest BCUT2D eigenvalue weighted by molar-refractivity contribution is -0.146. The van der Waals surface area contributed by atoms with Crippen LogP contribution < -0.4 is 32.3 Å². The zero-order valence-corrected chi connectivity index (χ0v) is 51.4. The molecule has 21 nitrogen and oxygen atoms in total. The van der Waals surface area contributed by atoms with Crippen molar-refractivity contribution >= 4 is 64.7 Å². The summed E-state index contributed by atoms with van der Waals surface area (Å²) < 4.78 is 5.55. The third-order valence-corrected chi connectivity index (χ3v) is 16.9. The van der Waals surface area contributed by atoms with Crippen molar-refractivity contribution in [2.45, 2.75) is 192 Å². The fraction of sp³-hybridized carbons (Fsp3) is 0.531. The summed E-state index contributed by atoms with van der Waals surface area (Å²) in [5, 5.41) is 25.1. The number of aromatic nitrogens is 1. The Hall–Kier alpha value is -7.72. The highest BCUT2D eigenvalue weighted by Crippen LogP contribution is 2.32. The average molecular weight is 1200 g/mol. The number of primary amides is 1. The SMILES string of the molecule is Cc1ncsc1-c1ccc(CNC(=O)[C@@H]2C[C@@H](O)CN2C(=O)[C@@H](NC(=O)CCCCCCCC(=O)N2CC[C@H]3CC[C@@H](C(=O)N[C@@H](CCC(N)=O)C(=O)NC(c4ccccc4)c4ccccc4)N3C(=O)[C@@H](NC(=O)OC(C)(C)C)C2)C(C)(C)C)cc1. The molecule has 3 aliphatic heterocycles. The summed E-state index contributed by atoms with van der Waals surface area (Å²) in [7, 11) is 0. The zero-order chi connectivity index (χ0) is 62.3. The molecule has 3 saturated heterocycles. The molecule has 7 rings (SSSR count). The Bertz CT molecular complexity index is 2960. The van der Waals surface area contributed by atoms with Crippen molar-refractivity contribution in [2.75, 3.05) is 19.6 Å². The molecule has 464 valence electrons. The minimum Gasteiger partial charge on any atom is -0.444 e. The number of alkyl carbamates (subject to hydrolysis) is 1. The maximum absolute atomic E-state index is 14.7. The summed E-state index contributed by atoms with van der Waals surface area (Å²) in [5.41, 5.74) is 10.1. The number of nitrogens with one attached hydrogen (secondary N) is 5. The highest BCUT2D eigenvalue weighted by molar-refractivity contribution is 7.13. The summed E-state index contributed by atoms with van der Waals surface area (Å²) in [4.78, 5) is 134. The van der Waals surface area contributed by atoms with Crippen LogP contribution in [0.4, 0.5) is 4.79 Å². The van der Waals surface area contributed by atoms with E-state index in [4.69, 9.17) is 10.5 Å². The van der Waals surface area contributed by atoms with Gasteiger partial charge in [-0.05, 0) is 93.9 Å². The number of benzene rings is 3. The number of aryl methyl sites for hydroxylation is 1. The number of aliphatic hydroxyl groups is 1. The van der Waals surface area contributed by atoms with E-state index in [0.717, 1.165) is 32.8 Å². The molecule has 22 heteroatoms. The van der Waals surface area contributed by atoms with Gasteiger partial charge in [-0.2, -0.15) is 0 Å². The van der Waals surface area contributed by atoms with Crippen molar-refractivity contribution in [3.63, 3.8) is 0 Å². The largest absolute Gasteiger partial charge is 0.444 e. The standard InChI is InChI=1S/C64H86N10O11S/c1-40-55(86-39-67-40)44-27-25-41(26-28-44)36-66-58(80)50-35-46(75)37-73(50)61(83)56(63(2,3)4)70-52(77)23-17-9-8-10-18-24-53(78)72-34-33-45-29-31-49(74(45)60(82)48(38-72)69-62(84)85-64(5,6)7)59(81)68-47(30-32-51(65)76)57(79)71-54(42-19-13-11-14-20-42)43-21-15-12-16-22-43/h11-16,19-22,25-28,39,45-50,54,56,75H,8-10,17-18,23-24,29-38H2,1-7H3,(H2,65,76)(H,66,80)(H,68,81)(H,69,84)(H,70,77)(H,71,79)/t45-,46-,47+,48+,49+,50+,56-/m1/s1. The van der Waals surface area contributed by atoms with E-state index in [1.165, 1.54) is 9.80 Å². The Kier molecular flexibility index (Phi) is 23.0. The van der Waals surface area contributed by atoms with Crippen molar-refractivity contribution in [1.82, 2.24) is 46.3 Å². The molecule has 7 atom stereocenters. The van der Waals surface area contributed by atoms with Crippen molar-refractivity contribution in [2.24, 2.45) is 11.1 Å². The van der Waals surface area contributed by atoms with Gasteiger partial charge in [-0.15, -0.1) is 11.3 Å². The molecule has 3 fully saturated rings. The molecule has 0 radical (unpaired) electrons. The number of aliphatic hydroxyl groups excluding tert-OH is 1. The second kappa shape index (κ2) is 30.1. The van der Waals surface area contributed by atoms with Crippen molar-refractivity contribution < 1.29 is 53.0 Å². The summed E-state index contributed by atoms with van der Waals surface area (Å²) in [6.45, 7) is 12.8. The van der Waals surface area contributed by atoms with Gasteiger partial charge >= 0.3 is 6.09 Å². The van der Waals surface area contributed by atoms with E-state index in [0.29, 0.717) is 44.9 Å². The van der Waals surface area contributed by atoms with Crippen LogP contribution in [-0.4, -0.2) is 146 Å². The van der Waals surface area contributed by atoms with Gasteiger partial charge in [0.2, 0.25) is 47.3 Å². The molecule has 1 aromatic heterocycles. The topological polar surface area (TPSA) is 292 Å². The van der Waals surface area contributed by atoms with Crippen LogP contribution in [0.2, 0.25) is 0 Å². The van der Waals surface area contributed by atoms with E-state index in [2.05, 4.69) is 31.6 Å². The van der Waals surface area contributed by atoms with Crippen LogP contribution in [0.25, 0.3) is 10.4 Å². The second-order valence-corrected chi connectivity index (χ2v) is 25.7. The van der Waals surface area contributed by atoms with Gasteiger partial charge in [0.1, 0.15) is 35.8 Å². The van der Waals surface area contributed by atoms with Gasteiger partial charge in [0.15, 0.2) is 0 Å². The Balaban J connectivity index is 0.898. The first-order chi connectivity index (χ1) is 40.9. The summed E-state index contributed by atoms with van der Waals surface area (Å²) in [5.74, 6) is -3.76. The number of unbranched alkanes of at least 4 members (excludes halogenated alkanes) is 4. The van der Waals surface area contributed by atoms with E-state index >= 15 is 0 Å². The van der Waals surface area contributed by atoms with Gasteiger partial charge in [0, 0.05) is 51.4 Å². The summed E-state index contributed by atoms with van der Waals surface area (Å²) in [6.07, 6.45) is 2.43. The Morgan fingerprint density at radius 2 is 1.40 bits per heavy atom. The highest BCUT2D eigenvalue weighted by Gasteiger charge is 2.47. The van der Waals surface area contributed by atoms with Crippen molar-refractivity contribution in [3.8, 4) is 10.4 Å². The first-order valence-corrected chi connectivity index (χ1v) is 30.9. The molecule has 86 heavy (non-hydrogen) atoms. The number of nitrogens with two attached hydrogens (primary N) is 1. The molecule has 0 unspecified atom stereocenters. The number of hydrogen-bond donors (Lipinski definition) is 7. The third-order valence-electron chi connectivity index (χ3n) is 15.9. The van der Waals surface area contributed by atoms with Crippen molar-refractivity contribution in [1.29, 1.82) is 0 Å². The number of likely N-dealkylation sites (tertiary alicyclic amines) is 1. The normalized spacial score (nSPS) is 19.6. The monoisotopic (exact) mass is 1200 g/mol. The van der Waals surface area contributed by atoms with Gasteiger partial charge in [-0.3, -0.25) is 38.4 Å². The molecule has 3 aromatic carbocycles. The van der Waals surface area contributed by atoms with Gasteiger partial charge < -0.3 is 56.9 Å². The van der Waals surface area contributed by atoms with E-state index in [1.807, 2.05) is 113 Å². The van der Waals surface area contributed by atoms with E-state index in [-0.39, 0.29) is 82.4 Å². The minimum atomic E-state index is -1.28. The molecular weight excluding hydrogens is 1120 g/mol. The number of carbonyl (C=O) groups excluding carboxylic acids is 9. The van der Waals surface area contributed by atoms with Gasteiger partial charge in [0.25, 0.3) is 0 Å². The quantitative estimate of drug-likeness (QED) is 0.0392. The lowest BCUT2D eigenvalue weighted by Gasteiger charge is -2.39. The van der Waals surface area contributed by atoms with Crippen LogP contribution in [-0.2, 0) is 49.6 Å². The van der Waals surface area contributed by atoms with E-state index in [9.17, 15) is 48.3 Å². The van der Waals surface area contributed by atoms with Crippen LogP contribution >= 0.6 is 11.3 Å². The van der Waals surface area contributed by atoms with E-state index in [1.54, 1.807) is 42.5 Å². The zero-order valence-electron chi connectivity index (χ0n) is 50.6. The first-order valence-electron chi connectivity index (χ1n) is 30.0.